The first-order valence-corrected chi connectivity index (χ1v) is 9.29. The topological polar surface area (TPSA) is 39.7 Å². The molecule has 1 aliphatic heterocycles. The summed E-state index contributed by atoms with van der Waals surface area (Å²) in [5.41, 5.74) is 0. The zero-order chi connectivity index (χ0) is 14.4. The van der Waals surface area contributed by atoms with Crippen LogP contribution in [0.5, 0.6) is 0 Å². The molecular weight excluding hydrogens is 268 g/mol. The van der Waals surface area contributed by atoms with Gasteiger partial charge in [0, 0.05) is 23.9 Å². The van der Waals surface area contributed by atoms with Crippen LogP contribution in [0.4, 0.5) is 0 Å². The zero-order valence-corrected chi connectivity index (χ0v) is 14.0. The van der Waals surface area contributed by atoms with Crippen LogP contribution in [0.3, 0.4) is 0 Å². The van der Waals surface area contributed by atoms with Crippen LogP contribution in [-0.2, 0) is 0 Å². The summed E-state index contributed by atoms with van der Waals surface area (Å²) >= 11 is 2.00. The maximum atomic E-state index is 4.81. The second kappa shape index (κ2) is 8.13. The minimum atomic E-state index is 0.603. The van der Waals surface area contributed by atoms with Gasteiger partial charge in [-0.25, -0.2) is 0 Å². The average molecular weight is 299 g/mol. The molecule has 2 aliphatic rings. The molecule has 1 aliphatic carbocycles. The van der Waals surface area contributed by atoms with Crippen LogP contribution >= 0.6 is 11.8 Å². The first kappa shape index (κ1) is 16.0. The molecule has 0 aromatic heterocycles. The van der Waals surface area contributed by atoms with Crippen molar-refractivity contribution in [2.24, 2.45) is 4.99 Å². The van der Waals surface area contributed by atoms with E-state index < -0.39 is 0 Å². The van der Waals surface area contributed by atoms with Gasteiger partial charge in [-0.05, 0) is 58.9 Å². The lowest BCUT2D eigenvalue weighted by molar-refractivity contribution is 0.317. The number of hydrogen-bond donors (Lipinski definition) is 2. The lowest BCUT2D eigenvalue weighted by Gasteiger charge is -2.20. The minimum Gasteiger partial charge on any atom is -0.357 e. The summed E-state index contributed by atoms with van der Waals surface area (Å²) in [5.74, 6) is 1.01. The Kier molecular flexibility index (Phi) is 6.49. The van der Waals surface area contributed by atoms with Crippen LogP contribution in [0.15, 0.2) is 4.99 Å². The predicted molar refractivity (Wildman–Crippen MR) is 89.7 cm³/mol. The molecule has 0 amide bonds. The van der Waals surface area contributed by atoms with Gasteiger partial charge in [-0.2, -0.15) is 11.8 Å². The van der Waals surface area contributed by atoms with Gasteiger partial charge in [0.1, 0.15) is 0 Å². The van der Waals surface area contributed by atoms with Crippen LogP contribution in [-0.4, -0.2) is 61.1 Å². The number of likely N-dealkylation sites (tertiary alicyclic amines) is 1. The molecular formula is C15H30N4S. The number of aliphatic imine (C=N–C) groups is 1. The van der Waals surface area contributed by atoms with Gasteiger partial charge in [0.15, 0.2) is 5.96 Å². The van der Waals surface area contributed by atoms with E-state index in [0.717, 1.165) is 24.3 Å². The third-order valence-corrected chi connectivity index (χ3v) is 5.63. The fourth-order valence-electron chi connectivity index (χ4n) is 3.21. The van der Waals surface area contributed by atoms with E-state index in [9.17, 15) is 0 Å². The number of nitrogens with one attached hydrogen (secondary N) is 2. The highest BCUT2D eigenvalue weighted by molar-refractivity contribution is 7.99. The Labute approximate surface area is 128 Å². The van der Waals surface area contributed by atoms with Gasteiger partial charge in [0.05, 0.1) is 6.54 Å². The van der Waals surface area contributed by atoms with Crippen LogP contribution < -0.4 is 10.6 Å². The number of guanidine groups is 1. The molecule has 4 nitrogen and oxygen atoms in total. The Bertz CT molecular complexity index is 321. The highest BCUT2D eigenvalue weighted by Crippen LogP contribution is 2.28. The van der Waals surface area contributed by atoms with Gasteiger partial charge in [0.2, 0.25) is 0 Å². The summed E-state index contributed by atoms with van der Waals surface area (Å²) in [4.78, 5) is 7.24. The van der Waals surface area contributed by atoms with E-state index in [0.29, 0.717) is 12.1 Å². The zero-order valence-electron chi connectivity index (χ0n) is 13.2. The van der Waals surface area contributed by atoms with Gasteiger partial charge in [-0.1, -0.05) is 0 Å². The molecule has 2 N–H and O–H groups in total. The van der Waals surface area contributed by atoms with Crippen LogP contribution in [0.25, 0.3) is 0 Å². The summed E-state index contributed by atoms with van der Waals surface area (Å²) in [6.45, 7) is 5.22. The number of rotatable bonds is 5. The fraction of sp³-hybridized carbons (Fsp3) is 0.933. The molecule has 0 spiro atoms. The van der Waals surface area contributed by atoms with Crippen molar-refractivity contribution in [1.82, 2.24) is 15.5 Å². The van der Waals surface area contributed by atoms with Crippen LogP contribution in [0.1, 0.15) is 39.0 Å². The molecule has 1 heterocycles. The van der Waals surface area contributed by atoms with Crippen molar-refractivity contribution in [2.75, 3.05) is 32.9 Å². The van der Waals surface area contributed by atoms with E-state index in [2.05, 4.69) is 35.8 Å². The Balaban J connectivity index is 1.83. The highest BCUT2D eigenvalue weighted by atomic mass is 32.2. The molecule has 0 aromatic carbocycles. The second-order valence-corrected chi connectivity index (χ2v) is 7.15. The van der Waals surface area contributed by atoms with Crippen LogP contribution in [0.2, 0.25) is 0 Å². The maximum absolute atomic E-state index is 4.81. The van der Waals surface area contributed by atoms with E-state index in [1.807, 2.05) is 11.8 Å². The Morgan fingerprint density at radius 1 is 1.35 bits per heavy atom. The summed E-state index contributed by atoms with van der Waals surface area (Å²) in [6, 6.07) is 1.24. The van der Waals surface area contributed by atoms with Gasteiger partial charge in [-0.3, -0.25) is 4.99 Å². The lowest BCUT2D eigenvalue weighted by atomic mass is 10.2. The Hall–Kier alpha value is -0.420. The van der Waals surface area contributed by atoms with Gasteiger partial charge >= 0.3 is 0 Å². The van der Waals surface area contributed by atoms with Crippen molar-refractivity contribution in [2.45, 2.75) is 56.4 Å². The Morgan fingerprint density at radius 2 is 2.20 bits per heavy atom. The van der Waals surface area contributed by atoms with Crippen molar-refractivity contribution in [1.29, 1.82) is 0 Å². The summed E-state index contributed by atoms with van der Waals surface area (Å²) < 4.78 is 0. The third-order valence-electron chi connectivity index (χ3n) is 4.53. The van der Waals surface area contributed by atoms with Crippen molar-refractivity contribution < 1.29 is 0 Å². The SMILES string of the molecule is CCNC(=NCC1CCCN1C)NC1CCC(SC)C1. The van der Waals surface area contributed by atoms with Gasteiger partial charge < -0.3 is 15.5 Å². The smallest absolute Gasteiger partial charge is 0.191 e. The lowest BCUT2D eigenvalue weighted by Crippen LogP contribution is -2.43. The average Bonchev–Trinajstić information content (AvgIpc) is 3.05. The van der Waals surface area contributed by atoms with Crippen molar-refractivity contribution in [3.63, 3.8) is 0 Å². The minimum absolute atomic E-state index is 0.603. The Morgan fingerprint density at radius 3 is 2.80 bits per heavy atom. The molecule has 3 atom stereocenters. The number of thioether (sulfide) groups is 1. The molecule has 116 valence electrons. The fourth-order valence-corrected chi connectivity index (χ4v) is 4.00. The van der Waals surface area contributed by atoms with Crippen molar-refractivity contribution >= 4 is 17.7 Å². The van der Waals surface area contributed by atoms with Crippen molar-refractivity contribution in [3.8, 4) is 0 Å². The number of hydrogen-bond acceptors (Lipinski definition) is 3. The molecule has 3 unspecified atom stereocenters. The quantitative estimate of drug-likeness (QED) is 0.601. The molecule has 0 radical (unpaired) electrons. The summed E-state index contributed by atoms with van der Waals surface area (Å²) in [6.07, 6.45) is 8.72. The molecule has 0 aromatic rings. The monoisotopic (exact) mass is 298 g/mol. The largest absolute Gasteiger partial charge is 0.357 e. The molecule has 1 saturated heterocycles. The van der Waals surface area contributed by atoms with E-state index in [1.54, 1.807) is 0 Å². The molecule has 5 heteroatoms. The number of nitrogens with zero attached hydrogens (tertiary/aromatic N) is 2. The van der Waals surface area contributed by atoms with Crippen molar-refractivity contribution in [3.05, 3.63) is 0 Å². The molecule has 0 bridgehead atoms. The first-order chi connectivity index (χ1) is 9.72. The van der Waals surface area contributed by atoms with E-state index in [1.165, 1.54) is 38.6 Å². The molecule has 2 fully saturated rings. The predicted octanol–water partition coefficient (Wildman–Crippen LogP) is 1.92. The molecule has 1 saturated carbocycles. The highest BCUT2D eigenvalue weighted by Gasteiger charge is 2.25. The number of likely N-dealkylation sites (N-methyl/N-ethyl adjacent to an activating group) is 1. The van der Waals surface area contributed by atoms with E-state index >= 15 is 0 Å². The summed E-state index contributed by atoms with van der Waals surface area (Å²) in [7, 11) is 2.22. The normalized spacial score (nSPS) is 31.8. The molecule has 2 rings (SSSR count). The van der Waals surface area contributed by atoms with Crippen LogP contribution in [0, 0.1) is 0 Å². The summed E-state index contributed by atoms with van der Waals surface area (Å²) in [5, 5.41) is 7.85. The van der Waals surface area contributed by atoms with Gasteiger partial charge in [-0.15, -0.1) is 0 Å². The van der Waals surface area contributed by atoms with E-state index in [4.69, 9.17) is 4.99 Å². The standard InChI is InChI=1S/C15H30N4S/c1-4-16-15(17-11-13-6-5-9-19(13)2)18-12-7-8-14(10-12)20-3/h12-14H,4-11H2,1-3H3,(H2,16,17,18). The third kappa shape index (κ3) is 4.55. The first-order valence-electron chi connectivity index (χ1n) is 8.00. The van der Waals surface area contributed by atoms with Gasteiger partial charge in [0.25, 0.3) is 0 Å². The maximum Gasteiger partial charge on any atom is 0.191 e. The second-order valence-electron chi connectivity index (χ2n) is 6.01. The van der Waals surface area contributed by atoms with E-state index in [-0.39, 0.29) is 0 Å². The molecule has 20 heavy (non-hydrogen) atoms.